The lowest BCUT2D eigenvalue weighted by Gasteiger charge is -2.07. The highest BCUT2D eigenvalue weighted by Crippen LogP contribution is 2.23. The van der Waals surface area contributed by atoms with Crippen LogP contribution in [0.1, 0.15) is 27.6 Å². The number of amides is 2. The first kappa shape index (κ1) is 26.0. The van der Waals surface area contributed by atoms with Gasteiger partial charge in [-0.05, 0) is 73.7 Å². The number of benzene rings is 3. The molecule has 1 heterocycles. The molecule has 8 nitrogen and oxygen atoms in total. The van der Waals surface area contributed by atoms with Gasteiger partial charge in [0.1, 0.15) is 17.3 Å². The molecule has 0 aliphatic rings. The number of imidazole rings is 1. The van der Waals surface area contributed by atoms with E-state index in [4.69, 9.17) is 9.47 Å². The molecular weight excluding hydrogens is 480 g/mol. The van der Waals surface area contributed by atoms with Gasteiger partial charge >= 0.3 is 0 Å². The van der Waals surface area contributed by atoms with Gasteiger partial charge in [-0.1, -0.05) is 24.8 Å². The Morgan fingerprint density at radius 3 is 2.29 bits per heavy atom. The SMILES string of the molecule is C=C(/C=C\C(=C/C)NC(=O)c1ccc(-c2nc3ccc(C(=O)Nc4ccc(OC)cc4)cc3[nH]2)cc1)OC. The summed E-state index contributed by atoms with van der Waals surface area (Å²) in [5.74, 6) is 1.36. The third kappa shape index (κ3) is 6.17. The Labute approximate surface area is 220 Å². The number of anilines is 1. The summed E-state index contributed by atoms with van der Waals surface area (Å²) in [6.45, 7) is 5.55. The number of rotatable bonds is 9. The molecule has 0 aliphatic carbocycles. The molecule has 0 saturated carbocycles. The zero-order valence-corrected chi connectivity index (χ0v) is 21.4. The Balaban J connectivity index is 1.46. The zero-order valence-electron chi connectivity index (χ0n) is 21.4. The summed E-state index contributed by atoms with van der Waals surface area (Å²) in [5.41, 5.74) is 4.56. The summed E-state index contributed by atoms with van der Waals surface area (Å²) in [4.78, 5) is 33.3. The maximum absolute atomic E-state index is 12.7. The maximum atomic E-state index is 12.7. The monoisotopic (exact) mass is 508 g/mol. The van der Waals surface area contributed by atoms with Crippen LogP contribution in [-0.2, 0) is 4.74 Å². The van der Waals surface area contributed by atoms with Crippen LogP contribution >= 0.6 is 0 Å². The highest BCUT2D eigenvalue weighted by atomic mass is 16.5. The van der Waals surface area contributed by atoms with Crippen molar-refractivity contribution in [1.82, 2.24) is 15.3 Å². The third-order valence-corrected chi connectivity index (χ3v) is 5.79. The largest absolute Gasteiger partial charge is 0.497 e. The van der Waals surface area contributed by atoms with Crippen LogP contribution < -0.4 is 15.4 Å². The van der Waals surface area contributed by atoms with Crippen molar-refractivity contribution in [2.24, 2.45) is 0 Å². The van der Waals surface area contributed by atoms with E-state index in [1.54, 1.807) is 79.9 Å². The Bertz CT molecular complexity index is 1530. The van der Waals surface area contributed by atoms with Gasteiger partial charge in [0.15, 0.2) is 0 Å². The molecule has 38 heavy (non-hydrogen) atoms. The van der Waals surface area contributed by atoms with Gasteiger partial charge in [-0.25, -0.2) is 4.98 Å². The van der Waals surface area contributed by atoms with Crippen molar-refractivity contribution in [1.29, 1.82) is 0 Å². The van der Waals surface area contributed by atoms with Gasteiger partial charge in [0, 0.05) is 28.1 Å². The van der Waals surface area contributed by atoms with Crippen molar-refractivity contribution in [2.45, 2.75) is 6.92 Å². The lowest BCUT2D eigenvalue weighted by Crippen LogP contribution is -2.21. The lowest BCUT2D eigenvalue weighted by atomic mass is 10.1. The molecule has 0 aliphatic heterocycles. The summed E-state index contributed by atoms with van der Waals surface area (Å²) in [6, 6.07) is 19.5. The number of methoxy groups -OCH3 is 2. The standard InChI is InChI=1S/C30H28N4O4/c1-5-23(12-6-19(2)37-3)31-29(35)21-9-7-20(8-10-21)28-33-26-17-11-22(18-27(26)34-28)30(36)32-24-13-15-25(38-4)16-14-24/h5-18H,2H2,1,3-4H3,(H,31,35)(H,32,36)(H,33,34)/b12-6-,23-5+. The topological polar surface area (TPSA) is 105 Å². The van der Waals surface area contributed by atoms with E-state index in [0.29, 0.717) is 39.8 Å². The Morgan fingerprint density at radius 1 is 0.921 bits per heavy atom. The van der Waals surface area contributed by atoms with Gasteiger partial charge in [0.25, 0.3) is 11.8 Å². The number of carbonyl (C=O) groups is 2. The number of hydrogen-bond acceptors (Lipinski definition) is 5. The number of nitrogens with zero attached hydrogens (tertiary/aromatic N) is 1. The lowest BCUT2D eigenvalue weighted by molar-refractivity contribution is 0.0966. The molecule has 0 fully saturated rings. The van der Waals surface area contributed by atoms with Crippen LogP contribution in [0.3, 0.4) is 0 Å². The average molecular weight is 509 g/mol. The molecule has 0 spiro atoms. The first-order valence-electron chi connectivity index (χ1n) is 11.8. The van der Waals surface area contributed by atoms with Crippen LogP contribution in [0.5, 0.6) is 5.75 Å². The van der Waals surface area contributed by atoms with Gasteiger partial charge in [-0.15, -0.1) is 0 Å². The molecule has 3 N–H and O–H groups in total. The third-order valence-electron chi connectivity index (χ3n) is 5.79. The quantitative estimate of drug-likeness (QED) is 0.195. The van der Waals surface area contributed by atoms with E-state index >= 15 is 0 Å². The van der Waals surface area contributed by atoms with Crippen LogP contribution in [0.15, 0.2) is 103 Å². The van der Waals surface area contributed by atoms with Gasteiger partial charge in [0.2, 0.25) is 0 Å². The number of nitrogens with one attached hydrogen (secondary N) is 3. The van der Waals surface area contributed by atoms with Crippen LogP contribution in [0.4, 0.5) is 5.69 Å². The summed E-state index contributed by atoms with van der Waals surface area (Å²) in [5, 5.41) is 5.73. The average Bonchev–Trinajstić information content (AvgIpc) is 3.39. The van der Waals surface area contributed by atoms with Crippen LogP contribution in [0.25, 0.3) is 22.4 Å². The van der Waals surface area contributed by atoms with Crippen molar-refractivity contribution in [3.05, 3.63) is 114 Å². The molecule has 1 aromatic heterocycles. The molecule has 2 amide bonds. The number of allylic oxidation sites excluding steroid dienone is 3. The molecule has 4 aromatic rings. The fourth-order valence-corrected chi connectivity index (χ4v) is 3.61. The van der Waals surface area contributed by atoms with Gasteiger partial charge < -0.3 is 25.1 Å². The number of ether oxygens (including phenoxy) is 2. The summed E-state index contributed by atoms with van der Waals surface area (Å²) < 4.78 is 10.2. The fraction of sp³-hybridized carbons (Fsp3) is 0.100. The first-order chi connectivity index (χ1) is 18.4. The molecule has 0 radical (unpaired) electrons. The van der Waals surface area contributed by atoms with E-state index < -0.39 is 0 Å². The molecule has 0 atom stereocenters. The fourth-order valence-electron chi connectivity index (χ4n) is 3.61. The van der Waals surface area contributed by atoms with Crippen molar-refractivity contribution < 1.29 is 19.1 Å². The Hall–Kier alpha value is -5.11. The van der Waals surface area contributed by atoms with E-state index in [0.717, 1.165) is 16.6 Å². The second kappa shape index (κ2) is 11.7. The van der Waals surface area contributed by atoms with E-state index in [1.165, 1.54) is 7.11 Å². The minimum Gasteiger partial charge on any atom is -0.497 e. The molecule has 8 heteroatoms. The second-order valence-electron chi connectivity index (χ2n) is 8.28. The minimum absolute atomic E-state index is 0.231. The summed E-state index contributed by atoms with van der Waals surface area (Å²) in [6.07, 6.45) is 5.18. The van der Waals surface area contributed by atoms with Crippen molar-refractivity contribution >= 4 is 28.5 Å². The Morgan fingerprint density at radius 2 is 1.63 bits per heavy atom. The number of fused-ring (bicyclic) bond motifs is 1. The van der Waals surface area contributed by atoms with E-state index in [-0.39, 0.29) is 11.8 Å². The first-order valence-corrected chi connectivity index (χ1v) is 11.8. The predicted octanol–water partition coefficient (Wildman–Crippen LogP) is 5.84. The number of carbonyl (C=O) groups excluding carboxylic acids is 2. The number of hydrogen-bond donors (Lipinski definition) is 3. The minimum atomic E-state index is -0.241. The molecule has 4 rings (SSSR count). The predicted molar refractivity (Wildman–Crippen MR) is 149 cm³/mol. The van der Waals surface area contributed by atoms with Crippen LogP contribution in [-0.4, -0.2) is 36.0 Å². The smallest absolute Gasteiger partial charge is 0.255 e. The number of aromatic amines is 1. The zero-order chi connectivity index (χ0) is 27.1. The number of aromatic nitrogens is 2. The van der Waals surface area contributed by atoms with Gasteiger partial charge in [0.05, 0.1) is 25.3 Å². The molecule has 192 valence electrons. The molecular formula is C30H28N4O4. The Kier molecular flexibility index (Phi) is 8.03. The molecule has 0 saturated heterocycles. The normalized spacial score (nSPS) is 11.4. The van der Waals surface area contributed by atoms with E-state index in [2.05, 4.69) is 27.2 Å². The summed E-state index contributed by atoms with van der Waals surface area (Å²) >= 11 is 0. The summed E-state index contributed by atoms with van der Waals surface area (Å²) in [7, 11) is 3.12. The van der Waals surface area contributed by atoms with Crippen molar-refractivity contribution in [3.63, 3.8) is 0 Å². The van der Waals surface area contributed by atoms with Gasteiger partial charge in [-0.2, -0.15) is 0 Å². The highest BCUT2D eigenvalue weighted by Gasteiger charge is 2.12. The van der Waals surface area contributed by atoms with E-state index in [1.807, 2.05) is 19.1 Å². The van der Waals surface area contributed by atoms with Crippen LogP contribution in [0, 0.1) is 0 Å². The molecule has 3 aromatic carbocycles. The molecule has 0 unspecified atom stereocenters. The van der Waals surface area contributed by atoms with Crippen molar-refractivity contribution in [2.75, 3.05) is 19.5 Å². The molecule has 0 bridgehead atoms. The second-order valence-corrected chi connectivity index (χ2v) is 8.28. The van der Waals surface area contributed by atoms with Gasteiger partial charge in [-0.3, -0.25) is 9.59 Å². The highest BCUT2D eigenvalue weighted by molar-refractivity contribution is 6.06. The number of H-pyrrole nitrogens is 1. The van der Waals surface area contributed by atoms with E-state index in [9.17, 15) is 9.59 Å². The van der Waals surface area contributed by atoms with Crippen LogP contribution in [0.2, 0.25) is 0 Å². The maximum Gasteiger partial charge on any atom is 0.255 e. The van der Waals surface area contributed by atoms with Crippen molar-refractivity contribution in [3.8, 4) is 17.1 Å².